The van der Waals surface area contributed by atoms with Crippen molar-refractivity contribution in [2.75, 3.05) is 13.7 Å². The predicted molar refractivity (Wildman–Crippen MR) is 58.6 cm³/mol. The first-order valence-electron chi connectivity index (χ1n) is 5.07. The molecule has 0 aromatic carbocycles. The highest BCUT2D eigenvalue weighted by molar-refractivity contribution is 5.69. The van der Waals surface area contributed by atoms with Gasteiger partial charge in [-0.25, -0.2) is 0 Å². The van der Waals surface area contributed by atoms with Crippen LogP contribution in [-0.2, 0) is 16.1 Å². The van der Waals surface area contributed by atoms with E-state index in [4.69, 9.17) is 0 Å². The zero-order chi connectivity index (χ0) is 11.8. The van der Waals surface area contributed by atoms with Crippen LogP contribution in [0.15, 0.2) is 24.5 Å². The summed E-state index contributed by atoms with van der Waals surface area (Å²) in [5.74, 6) is -0.404. The molecule has 0 spiro atoms. The number of rotatable bonds is 6. The summed E-state index contributed by atoms with van der Waals surface area (Å²) in [7, 11) is 1.31. The number of ether oxygens (including phenoxy) is 1. The van der Waals surface area contributed by atoms with Gasteiger partial charge in [0.15, 0.2) is 0 Å². The molecule has 1 aromatic rings. The molecule has 0 aliphatic rings. The number of methoxy groups -OCH3 is 1. The Kier molecular flexibility index (Phi) is 5.45. The first-order valence-corrected chi connectivity index (χ1v) is 5.07. The van der Waals surface area contributed by atoms with Crippen molar-refractivity contribution in [3.05, 3.63) is 30.1 Å². The molecule has 0 aliphatic carbocycles. The highest BCUT2D eigenvalue weighted by Gasteiger charge is 2.09. The van der Waals surface area contributed by atoms with Crippen molar-refractivity contribution in [3.63, 3.8) is 0 Å². The molecule has 1 rings (SSSR count). The third kappa shape index (κ3) is 4.86. The van der Waals surface area contributed by atoms with Gasteiger partial charge in [0.2, 0.25) is 0 Å². The summed E-state index contributed by atoms with van der Waals surface area (Å²) in [6, 6.07) is 3.78. The van der Waals surface area contributed by atoms with E-state index in [9.17, 15) is 9.90 Å². The average molecular weight is 224 g/mol. The van der Waals surface area contributed by atoms with Crippen LogP contribution in [0.3, 0.4) is 0 Å². The van der Waals surface area contributed by atoms with Gasteiger partial charge in [-0.3, -0.25) is 9.78 Å². The summed E-state index contributed by atoms with van der Waals surface area (Å²) in [4.78, 5) is 14.7. The maximum absolute atomic E-state index is 10.8. The number of esters is 1. The van der Waals surface area contributed by atoms with Gasteiger partial charge in [0.25, 0.3) is 0 Å². The van der Waals surface area contributed by atoms with Crippen LogP contribution in [0.2, 0.25) is 0 Å². The van der Waals surface area contributed by atoms with Gasteiger partial charge in [-0.1, -0.05) is 0 Å². The fourth-order valence-electron chi connectivity index (χ4n) is 1.23. The molecule has 0 radical (unpaired) electrons. The van der Waals surface area contributed by atoms with Crippen molar-refractivity contribution in [1.29, 1.82) is 0 Å². The summed E-state index contributed by atoms with van der Waals surface area (Å²) >= 11 is 0. The summed E-state index contributed by atoms with van der Waals surface area (Å²) < 4.78 is 4.45. The Morgan fingerprint density at radius 1 is 1.56 bits per heavy atom. The highest BCUT2D eigenvalue weighted by Crippen LogP contribution is 1.96. The minimum absolute atomic E-state index is 0.0137. The number of pyridine rings is 1. The lowest BCUT2D eigenvalue weighted by Crippen LogP contribution is -2.28. The van der Waals surface area contributed by atoms with E-state index in [2.05, 4.69) is 15.0 Å². The second-order valence-corrected chi connectivity index (χ2v) is 3.42. The Morgan fingerprint density at radius 3 is 2.88 bits per heavy atom. The number of nitrogens with zero attached hydrogens (tertiary/aromatic N) is 1. The third-order valence-electron chi connectivity index (χ3n) is 2.09. The zero-order valence-electron chi connectivity index (χ0n) is 9.22. The molecule has 88 valence electrons. The van der Waals surface area contributed by atoms with Gasteiger partial charge < -0.3 is 15.2 Å². The van der Waals surface area contributed by atoms with E-state index in [1.807, 2.05) is 12.1 Å². The fourth-order valence-corrected chi connectivity index (χ4v) is 1.23. The Labute approximate surface area is 94.5 Å². The molecule has 5 heteroatoms. The Balaban J connectivity index is 2.18. The maximum atomic E-state index is 10.8. The lowest BCUT2D eigenvalue weighted by Gasteiger charge is -2.10. The van der Waals surface area contributed by atoms with Gasteiger partial charge in [-0.05, 0) is 17.7 Å². The van der Waals surface area contributed by atoms with Gasteiger partial charge in [0, 0.05) is 25.5 Å². The molecule has 0 saturated heterocycles. The number of nitrogens with one attached hydrogen (secondary N) is 1. The molecule has 0 saturated carbocycles. The number of hydrogen-bond acceptors (Lipinski definition) is 5. The molecule has 16 heavy (non-hydrogen) atoms. The van der Waals surface area contributed by atoms with Crippen molar-refractivity contribution in [1.82, 2.24) is 10.3 Å². The zero-order valence-corrected chi connectivity index (χ0v) is 9.22. The van der Waals surface area contributed by atoms with E-state index in [0.29, 0.717) is 13.1 Å². The first kappa shape index (κ1) is 12.6. The SMILES string of the molecule is COC(=O)CC(O)CNCc1ccncc1. The average Bonchev–Trinajstić information content (AvgIpc) is 2.30. The molecule has 0 fully saturated rings. The number of carbonyl (C=O) groups is 1. The molecule has 1 atom stereocenters. The van der Waals surface area contributed by atoms with Crippen molar-refractivity contribution in [3.8, 4) is 0 Å². The highest BCUT2D eigenvalue weighted by atomic mass is 16.5. The quantitative estimate of drug-likeness (QED) is 0.670. The summed E-state index contributed by atoms with van der Waals surface area (Å²) in [5.41, 5.74) is 1.08. The van der Waals surface area contributed by atoms with Gasteiger partial charge in [-0.2, -0.15) is 0 Å². The Hall–Kier alpha value is -1.46. The van der Waals surface area contributed by atoms with Gasteiger partial charge in [0.1, 0.15) is 0 Å². The number of aromatic nitrogens is 1. The number of aliphatic hydroxyl groups excluding tert-OH is 1. The minimum Gasteiger partial charge on any atom is -0.469 e. The number of aliphatic hydroxyl groups is 1. The number of hydrogen-bond donors (Lipinski definition) is 2. The van der Waals surface area contributed by atoms with Crippen molar-refractivity contribution < 1.29 is 14.6 Å². The second-order valence-electron chi connectivity index (χ2n) is 3.42. The van der Waals surface area contributed by atoms with E-state index in [-0.39, 0.29) is 6.42 Å². The van der Waals surface area contributed by atoms with Crippen molar-refractivity contribution in [2.24, 2.45) is 0 Å². The van der Waals surface area contributed by atoms with Crippen LogP contribution in [0.4, 0.5) is 0 Å². The van der Waals surface area contributed by atoms with Crippen LogP contribution in [0.25, 0.3) is 0 Å². The molecule has 0 aliphatic heterocycles. The van der Waals surface area contributed by atoms with Crippen molar-refractivity contribution in [2.45, 2.75) is 19.1 Å². The van der Waals surface area contributed by atoms with E-state index in [1.165, 1.54) is 7.11 Å². The minimum atomic E-state index is -0.714. The lowest BCUT2D eigenvalue weighted by molar-refractivity contribution is -0.142. The van der Waals surface area contributed by atoms with Crippen LogP contribution in [0.1, 0.15) is 12.0 Å². The molecular formula is C11H16N2O3. The van der Waals surface area contributed by atoms with Gasteiger partial charge >= 0.3 is 5.97 Å². The molecule has 1 heterocycles. The van der Waals surface area contributed by atoms with Crippen molar-refractivity contribution >= 4 is 5.97 Å². The summed E-state index contributed by atoms with van der Waals surface area (Å²) in [6.07, 6.45) is 2.72. The normalized spacial score (nSPS) is 12.1. The Morgan fingerprint density at radius 2 is 2.25 bits per heavy atom. The number of carbonyl (C=O) groups excluding carboxylic acids is 1. The van der Waals surface area contributed by atoms with E-state index in [0.717, 1.165) is 5.56 Å². The molecule has 1 unspecified atom stereocenters. The molecule has 0 amide bonds. The maximum Gasteiger partial charge on any atom is 0.308 e. The van der Waals surface area contributed by atoms with Crippen LogP contribution in [0.5, 0.6) is 0 Å². The fraction of sp³-hybridized carbons (Fsp3) is 0.455. The monoisotopic (exact) mass is 224 g/mol. The summed E-state index contributed by atoms with van der Waals surface area (Å²) in [5, 5.41) is 12.5. The molecule has 2 N–H and O–H groups in total. The van der Waals surface area contributed by atoms with E-state index in [1.54, 1.807) is 12.4 Å². The molecule has 5 nitrogen and oxygen atoms in total. The second kappa shape index (κ2) is 6.92. The summed E-state index contributed by atoms with van der Waals surface area (Å²) in [6.45, 7) is 0.998. The predicted octanol–water partition coefficient (Wildman–Crippen LogP) is 0.0952. The van der Waals surface area contributed by atoms with Crippen LogP contribution in [0, 0.1) is 0 Å². The van der Waals surface area contributed by atoms with E-state index >= 15 is 0 Å². The largest absolute Gasteiger partial charge is 0.469 e. The topological polar surface area (TPSA) is 71.5 Å². The van der Waals surface area contributed by atoms with Gasteiger partial charge in [-0.15, -0.1) is 0 Å². The molecule has 0 bridgehead atoms. The van der Waals surface area contributed by atoms with Crippen LogP contribution < -0.4 is 5.32 Å². The van der Waals surface area contributed by atoms with Gasteiger partial charge in [0.05, 0.1) is 19.6 Å². The first-order chi connectivity index (χ1) is 7.72. The van der Waals surface area contributed by atoms with E-state index < -0.39 is 12.1 Å². The van der Waals surface area contributed by atoms with Crippen LogP contribution >= 0.6 is 0 Å². The molecule has 1 aromatic heterocycles. The standard InChI is InChI=1S/C11H16N2O3/c1-16-11(15)6-10(14)8-13-7-9-2-4-12-5-3-9/h2-5,10,13-14H,6-8H2,1H3. The Bertz CT molecular complexity index is 316. The molecular weight excluding hydrogens is 208 g/mol. The smallest absolute Gasteiger partial charge is 0.308 e. The third-order valence-corrected chi connectivity index (χ3v) is 2.09. The lowest BCUT2D eigenvalue weighted by atomic mass is 10.2. The van der Waals surface area contributed by atoms with Crippen LogP contribution in [-0.4, -0.2) is 35.8 Å².